The van der Waals surface area contributed by atoms with Crippen LogP contribution in [-0.4, -0.2) is 30.0 Å². The van der Waals surface area contributed by atoms with Gasteiger partial charge in [0, 0.05) is 23.5 Å². The summed E-state index contributed by atoms with van der Waals surface area (Å²) in [5.74, 6) is 0.964. The number of rotatable bonds is 5. The average molecular weight is 401 g/mol. The van der Waals surface area contributed by atoms with E-state index in [1.807, 2.05) is 42.6 Å². The van der Waals surface area contributed by atoms with Crippen LogP contribution in [0.15, 0.2) is 59.5 Å². The highest BCUT2D eigenvalue weighted by molar-refractivity contribution is 5.77. The smallest absolute Gasteiger partial charge is 0.262 e. The third kappa shape index (κ3) is 3.52. The van der Waals surface area contributed by atoms with Gasteiger partial charge in [0.1, 0.15) is 0 Å². The van der Waals surface area contributed by atoms with Crippen molar-refractivity contribution < 1.29 is 9.63 Å². The van der Waals surface area contributed by atoms with Gasteiger partial charge < -0.3 is 9.63 Å². The lowest BCUT2D eigenvalue weighted by atomic mass is 9.95. The summed E-state index contributed by atoms with van der Waals surface area (Å²) in [6.45, 7) is 0.00736. The van der Waals surface area contributed by atoms with Crippen LogP contribution in [0.5, 0.6) is 0 Å². The molecule has 0 amide bonds. The maximum absolute atomic E-state index is 9.24. The van der Waals surface area contributed by atoms with Crippen LogP contribution in [0.2, 0.25) is 0 Å². The third-order valence-electron chi connectivity index (χ3n) is 5.72. The van der Waals surface area contributed by atoms with Crippen molar-refractivity contribution in [2.24, 2.45) is 0 Å². The molecule has 1 aliphatic carbocycles. The van der Waals surface area contributed by atoms with Crippen molar-refractivity contribution in [2.45, 2.75) is 44.8 Å². The van der Waals surface area contributed by atoms with E-state index in [4.69, 9.17) is 9.62 Å². The zero-order valence-corrected chi connectivity index (χ0v) is 16.6. The van der Waals surface area contributed by atoms with Crippen LogP contribution in [0.25, 0.3) is 34.1 Å². The minimum Gasteiger partial charge on any atom is -0.392 e. The normalized spacial score (nSPS) is 14.8. The lowest BCUT2D eigenvalue weighted by molar-refractivity contribution is 0.282. The van der Waals surface area contributed by atoms with Gasteiger partial charge in [-0.2, -0.15) is 10.1 Å². The van der Waals surface area contributed by atoms with Gasteiger partial charge in [-0.3, -0.25) is 9.67 Å². The predicted molar refractivity (Wildman–Crippen MR) is 112 cm³/mol. The molecule has 152 valence electrons. The number of nitrogens with zero attached hydrogens (tertiary/aromatic N) is 5. The van der Waals surface area contributed by atoms with Gasteiger partial charge in [-0.25, -0.2) is 0 Å². The molecule has 0 unspecified atom stereocenters. The molecule has 0 bridgehead atoms. The lowest BCUT2D eigenvalue weighted by Gasteiger charge is -2.24. The predicted octanol–water partition coefficient (Wildman–Crippen LogP) is 4.66. The fourth-order valence-corrected chi connectivity index (χ4v) is 4.13. The van der Waals surface area contributed by atoms with Crippen LogP contribution in [0, 0.1) is 0 Å². The summed E-state index contributed by atoms with van der Waals surface area (Å²) in [7, 11) is 0. The van der Waals surface area contributed by atoms with E-state index < -0.39 is 0 Å². The Bertz CT molecular complexity index is 1110. The summed E-state index contributed by atoms with van der Waals surface area (Å²) in [6.07, 6.45) is 11.4. The van der Waals surface area contributed by atoms with Crippen molar-refractivity contribution in [1.82, 2.24) is 24.9 Å². The second-order valence-corrected chi connectivity index (χ2v) is 7.66. The van der Waals surface area contributed by atoms with Gasteiger partial charge in [0.25, 0.3) is 5.89 Å². The number of hydrogen-bond acceptors (Lipinski definition) is 6. The molecule has 0 atom stereocenters. The molecule has 0 saturated heterocycles. The summed E-state index contributed by atoms with van der Waals surface area (Å²) >= 11 is 0. The van der Waals surface area contributed by atoms with Crippen molar-refractivity contribution in [3.05, 3.63) is 60.6 Å². The molecule has 0 aliphatic heterocycles. The number of aromatic nitrogens is 5. The summed E-state index contributed by atoms with van der Waals surface area (Å²) in [5, 5.41) is 18.2. The Hall–Kier alpha value is -3.32. The van der Waals surface area contributed by atoms with E-state index in [1.165, 1.54) is 19.3 Å². The van der Waals surface area contributed by atoms with E-state index in [0.717, 1.165) is 40.8 Å². The van der Waals surface area contributed by atoms with Crippen LogP contribution in [0.3, 0.4) is 0 Å². The van der Waals surface area contributed by atoms with Crippen LogP contribution in [0.4, 0.5) is 0 Å². The molecule has 5 rings (SSSR count). The number of pyridine rings is 1. The molecular weight excluding hydrogens is 378 g/mol. The highest BCUT2D eigenvalue weighted by Crippen LogP contribution is 2.37. The van der Waals surface area contributed by atoms with E-state index in [1.54, 1.807) is 12.4 Å². The molecule has 1 N–H and O–H groups in total. The number of aliphatic hydroxyl groups is 1. The van der Waals surface area contributed by atoms with Crippen LogP contribution < -0.4 is 0 Å². The topological polar surface area (TPSA) is 89.9 Å². The Morgan fingerprint density at radius 1 is 0.967 bits per heavy atom. The van der Waals surface area contributed by atoms with E-state index >= 15 is 0 Å². The van der Waals surface area contributed by atoms with Gasteiger partial charge in [0.05, 0.1) is 30.1 Å². The van der Waals surface area contributed by atoms with Gasteiger partial charge >= 0.3 is 0 Å². The second-order valence-electron chi connectivity index (χ2n) is 7.66. The van der Waals surface area contributed by atoms with Crippen molar-refractivity contribution >= 4 is 0 Å². The third-order valence-corrected chi connectivity index (χ3v) is 5.72. The molecule has 30 heavy (non-hydrogen) atoms. The summed E-state index contributed by atoms with van der Waals surface area (Å²) in [4.78, 5) is 8.80. The first-order valence-electron chi connectivity index (χ1n) is 10.4. The maximum Gasteiger partial charge on any atom is 0.262 e. The summed E-state index contributed by atoms with van der Waals surface area (Å²) < 4.78 is 7.77. The number of hydrogen-bond donors (Lipinski definition) is 1. The van der Waals surface area contributed by atoms with Crippen LogP contribution in [0.1, 0.15) is 43.7 Å². The molecule has 3 aromatic heterocycles. The van der Waals surface area contributed by atoms with Gasteiger partial charge in [0.2, 0.25) is 5.82 Å². The van der Waals surface area contributed by atoms with Crippen LogP contribution >= 0.6 is 0 Å². The highest BCUT2D eigenvalue weighted by atomic mass is 16.5. The fourth-order valence-electron chi connectivity index (χ4n) is 4.13. The zero-order valence-electron chi connectivity index (χ0n) is 16.6. The van der Waals surface area contributed by atoms with Gasteiger partial charge in [-0.15, -0.1) is 0 Å². The minimum atomic E-state index is 0.00736. The van der Waals surface area contributed by atoms with Gasteiger partial charge in [0.15, 0.2) is 0 Å². The molecule has 4 aromatic rings. The maximum atomic E-state index is 9.24. The standard InChI is InChI=1S/C23H23N5O2/c29-15-16-6-8-18(9-7-16)22-26-23(30-27-22)20-14-25-28(19-4-2-1-3-5-19)21(20)17-10-12-24-13-11-17/h6-14,19,29H,1-5,15H2. The first kappa shape index (κ1) is 18.7. The van der Waals surface area contributed by atoms with Crippen LogP contribution in [-0.2, 0) is 6.61 Å². The summed E-state index contributed by atoms with van der Waals surface area (Å²) in [6, 6.07) is 11.8. The molecule has 3 heterocycles. The van der Waals surface area contributed by atoms with Crippen molar-refractivity contribution in [3.63, 3.8) is 0 Å². The van der Waals surface area contributed by atoms with Gasteiger partial charge in [-0.05, 0) is 30.5 Å². The second kappa shape index (κ2) is 8.20. The Kier molecular flexibility index (Phi) is 5.11. The largest absolute Gasteiger partial charge is 0.392 e. The Labute approximate surface area is 174 Å². The molecule has 0 radical (unpaired) electrons. The van der Waals surface area contributed by atoms with E-state index in [9.17, 15) is 5.11 Å². The van der Waals surface area contributed by atoms with E-state index in [-0.39, 0.29) is 6.61 Å². The minimum absolute atomic E-state index is 0.00736. The molecule has 1 saturated carbocycles. The molecule has 1 aromatic carbocycles. The molecule has 0 spiro atoms. The molecule has 7 heteroatoms. The average Bonchev–Trinajstić information content (AvgIpc) is 3.48. The van der Waals surface area contributed by atoms with E-state index in [0.29, 0.717) is 17.8 Å². The van der Waals surface area contributed by atoms with Crippen molar-refractivity contribution in [2.75, 3.05) is 0 Å². The van der Waals surface area contributed by atoms with Crippen molar-refractivity contribution in [1.29, 1.82) is 0 Å². The zero-order chi connectivity index (χ0) is 20.3. The SMILES string of the molecule is OCc1ccc(-c2noc(-c3cnn(C4CCCCC4)c3-c3ccncc3)n2)cc1. The molecule has 7 nitrogen and oxygen atoms in total. The molecule has 1 aliphatic rings. The Morgan fingerprint density at radius 2 is 1.73 bits per heavy atom. The Morgan fingerprint density at radius 3 is 2.47 bits per heavy atom. The quantitative estimate of drug-likeness (QED) is 0.523. The Balaban J connectivity index is 1.56. The van der Waals surface area contributed by atoms with Crippen molar-refractivity contribution in [3.8, 4) is 34.1 Å². The summed E-state index contributed by atoms with van der Waals surface area (Å²) in [5.41, 5.74) is 4.55. The first-order chi connectivity index (χ1) is 14.8. The molecular formula is C23H23N5O2. The number of aliphatic hydroxyl groups excluding tert-OH is 1. The number of benzene rings is 1. The molecule has 1 fully saturated rings. The van der Waals surface area contributed by atoms with E-state index in [2.05, 4.69) is 19.8 Å². The fraction of sp³-hybridized carbons (Fsp3) is 0.304. The lowest BCUT2D eigenvalue weighted by Crippen LogP contribution is -2.15. The highest BCUT2D eigenvalue weighted by Gasteiger charge is 2.25. The first-order valence-corrected chi connectivity index (χ1v) is 10.4. The van der Waals surface area contributed by atoms with Gasteiger partial charge in [-0.1, -0.05) is 48.7 Å². The monoisotopic (exact) mass is 401 g/mol.